The first-order chi connectivity index (χ1) is 6.56. The molecule has 1 aliphatic carbocycles. The van der Waals surface area contributed by atoms with Gasteiger partial charge in [-0.25, -0.2) is 0 Å². The van der Waals surface area contributed by atoms with Crippen molar-refractivity contribution >= 4 is 21.8 Å². The van der Waals surface area contributed by atoms with E-state index < -0.39 is 5.41 Å². The lowest BCUT2D eigenvalue weighted by Crippen LogP contribution is -2.28. The van der Waals surface area contributed by atoms with Crippen molar-refractivity contribution in [2.24, 2.45) is 5.73 Å². The molecule has 3 N–H and O–H groups in total. The Kier molecular flexibility index (Phi) is 2.03. The summed E-state index contributed by atoms with van der Waals surface area (Å²) in [5, 5.41) is 9.63. The minimum atomic E-state index is -0.617. The second-order valence-electron chi connectivity index (χ2n) is 3.61. The van der Waals surface area contributed by atoms with E-state index in [4.69, 9.17) is 5.73 Å². The van der Waals surface area contributed by atoms with E-state index in [-0.39, 0.29) is 11.7 Å². The molecule has 1 saturated carbocycles. The summed E-state index contributed by atoms with van der Waals surface area (Å²) in [7, 11) is 0. The number of carbonyl (C=O) groups is 1. The molecule has 0 atom stereocenters. The Morgan fingerprint density at radius 1 is 1.50 bits per heavy atom. The largest absolute Gasteiger partial charge is 0.508 e. The molecule has 0 spiro atoms. The highest BCUT2D eigenvalue weighted by atomic mass is 79.9. The minimum absolute atomic E-state index is 0.143. The molecule has 3 nitrogen and oxygen atoms in total. The lowest BCUT2D eigenvalue weighted by molar-refractivity contribution is -0.120. The van der Waals surface area contributed by atoms with E-state index in [1.807, 2.05) is 0 Å². The van der Waals surface area contributed by atoms with Gasteiger partial charge in [0.05, 0.1) is 5.41 Å². The molecule has 2 rings (SSSR count). The number of primary amides is 1. The van der Waals surface area contributed by atoms with Gasteiger partial charge in [-0.05, 0) is 31.0 Å². The molecule has 0 aliphatic heterocycles. The molecule has 14 heavy (non-hydrogen) atoms. The van der Waals surface area contributed by atoms with Gasteiger partial charge in [-0.15, -0.1) is 0 Å². The molecule has 1 aromatic carbocycles. The Hall–Kier alpha value is -1.03. The first kappa shape index (κ1) is 9.52. The average molecular weight is 256 g/mol. The fraction of sp³-hybridized carbons (Fsp3) is 0.300. The van der Waals surface area contributed by atoms with Crippen molar-refractivity contribution in [3.8, 4) is 5.75 Å². The number of carbonyl (C=O) groups excluding carboxylic acids is 1. The highest BCUT2D eigenvalue weighted by Gasteiger charge is 2.51. The van der Waals surface area contributed by atoms with Gasteiger partial charge in [0, 0.05) is 10.0 Å². The van der Waals surface area contributed by atoms with Gasteiger partial charge in [0.15, 0.2) is 0 Å². The summed E-state index contributed by atoms with van der Waals surface area (Å²) in [6, 6.07) is 5.06. The van der Waals surface area contributed by atoms with Crippen LogP contribution in [0.5, 0.6) is 5.75 Å². The first-order valence-electron chi connectivity index (χ1n) is 4.35. The smallest absolute Gasteiger partial charge is 0.228 e. The molecule has 0 unspecified atom stereocenters. The second kappa shape index (κ2) is 2.98. The maximum atomic E-state index is 11.2. The predicted octanol–water partition coefficient (Wildman–Crippen LogP) is 1.67. The Balaban J connectivity index is 2.51. The van der Waals surface area contributed by atoms with Crippen LogP contribution in [0.1, 0.15) is 18.4 Å². The topological polar surface area (TPSA) is 63.3 Å². The fourth-order valence-electron chi connectivity index (χ4n) is 1.67. The Labute approximate surface area is 90.0 Å². The normalized spacial score (nSPS) is 17.8. The quantitative estimate of drug-likeness (QED) is 0.845. The highest BCUT2D eigenvalue weighted by Crippen LogP contribution is 2.51. The monoisotopic (exact) mass is 255 g/mol. The number of rotatable bonds is 2. The van der Waals surface area contributed by atoms with Crippen LogP contribution in [0.3, 0.4) is 0 Å². The van der Waals surface area contributed by atoms with Crippen LogP contribution in [0.4, 0.5) is 0 Å². The van der Waals surface area contributed by atoms with Crippen LogP contribution in [0.25, 0.3) is 0 Å². The van der Waals surface area contributed by atoms with E-state index in [1.165, 1.54) is 0 Å². The van der Waals surface area contributed by atoms with Crippen molar-refractivity contribution in [1.82, 2.24) is 0 Å². The standard InChI is InChI=1S/C10H10BrNO2/c11-6-1-2-8(13)7(5-6)10(3-4-10)9(12)14/h1-2,5,13H,3-4H2,(H2,12,14). The fourth-order valence-corrected chi connectivity index (χ4v) is 2.03. The SMILES string of the molecule is NC(=O)C1(c2cc(Br)ccc2O)CC1. The summed E-state index contributed by atoms with van der Waals surface area (Å²) in [6.45, 7) is 0. The first-order valence-corrected chi connectivity index (χ1v) is 5.14. The van der Waals surface area contributed by atoms with Gasteiger partial charge in [-0.1, -0.05) is 15.9 Å². The maximum absolute atomic E-state index is 11.2. The number of phenolic OH excluding ortho intramolecular Hbond substituents is 1. The zero-order valence-corrected chi connectivity index (χ0v) is 9.04. The van der Waals surface area contributed by atoms with Crippen LogP contribution in [0.15, 0.2) is 22.7 Å². The number of benzene rings is 1. The molecule has 0 radical (unpaired) electrons. The number of phenols is 1. The van der Waals surface area contributed by atoms with Crippen LogP contribution in [0, 0.1) is 0 Å². The van der Waals surface area contributed by atoms with E-state index in [9.17, 15) is 9.90 Å². The van der Waals surface area contributed by atoms with Crippen molar-refractivity contribution in [2.45, 2.75) is 18.3 Å². The van der Waals surface area contributed by atoms with Gasteiger partial charge in [0.25, 0.3) is 0 Å². The molecule has 74 valence electrons. The third-order valence-corrected chi connectivity index (χ3v) is 3.19. The van der Waals surface area contributed by atoms with Gasteiger partial charge in [0.2, 0.25) is 5.91 Å². The van der Waals surface area contributed by atoms with E-state index in [2.05, 4.69) is 15.9 Å². The van der Waals surface area contributed by atoms with E-state index in [1.54, 1.807) is 18.2 Å². The third kappa shape index (κ3) is 1.30. The highest BCUT2D eigenvalue weighted by molar-refractivity contribution is 9.10. The number of halogens is 1. The molecule has 0 aromatic heterocycles. The molecular weight excluding hydrogens is 246 g/mol. The van der Waals surface area contributed by atoms with Crippen LogP contribution >= 0.6 is 15.9 Å². The van der Waals surface area contributed by atoms with Gasteiger partial charge in [-0.2, -0.15) is 0 Å². The number of aromatic hydroxyl groups is 1. The van der Waals surface area contributed by atoms with Crippen LogP contribution in [-0.2, 0) is 10.2 Å². The third-order valence-electron chi connectivity index (χ3n) is 2.70. The number of hydrogen-bond donors (Lipinski definition) is 2. The van der Waals surface area contributed by atoms with Crippen molar-refractivity contribution in [3.63, 3.8) is 0 Å². The van der Waals surface area contributed by atoms with Crippen molar-refractivity contribution in [3.05, 3.63) is 28.2 Å². The van der Waals surface area contributed by atoms with Crippen molar-refractivity contribution in [2.75, 3.05) is 0 Å². The molecular formula is C10H10BrNO2. The average Bonchev–Trinajstić information content (AvgIpc) is 2.90. The lowest BCUT2D eigenvalue weighted by atomic mass is 9.94. The minimum Gasteiger partial charge on any atom is -0.508 e. The molecule has 1 amide bonds. The molecule has 4 heteroatoms. The Morgan fingerprint density at radius 2 is 2.14 bits per heavy atom. The predicted molar refractivity (Wildman–Crippen MR) is 55.9 cm³/mol. The van der Waals surface area contributed by atoms with Crippen LogP contribution in [-0.4, -0.2) is 11.0 Å². The van der Waals surface area contributed by atoms with Crippen LogP contribution < -0.4 is 5.73 Å². The van der Waals surface area contributed by atoms with Gasteiger partial charge in [-0.3, -0.25) is 4.79 Å². The van der Waals surface area contributed by atoms with Gasteiger partial charge >= 0.3 is 0 Å². The van der Waals surface area contributed by atoms with Crippen LogP contribution in [0.2, 0.25) is 0 Å². The molecule has 1 aromatic rings. The van der Waals surface area contributed by atoms with Gasteiger partial charge in [0.1, 0.15) is 5.75 Å². The zero-order chi connectivity index (χ0) is 10.3. The van der Waals surface area contributed by atoms with Crippen molar-refractivity contribution in [1.29, 1.82) is 0 Å². The van der Waals surface area contributed by atoms with E-state index >= 15 is 0 Å². The summed E-state index contributed by atoms with van der Waals surface area (Å²) >= 11 is 3.30. The number of amides is 1. The molecule has 1 fully saturated rings. The summed E-state index contributed by atoms with van der Waals surface area (Å²) in [4.78, 5) is 11.2. The zero-order valence-electron chi connectivity index (χ0n) is 7.46. The molecule has 1 aliphatic rings. The summed E-state index contributed by atoms with van der Waals surface area (Å²) < 4.78 is 0.845. The Bertz CT molecular complexity index is 399. The summed E-state index contributed by atoms with van der Waals surface area (Å²) in [5.74, 6) is -0.213. The molecule has 0 saturated heterocycles. The van der Waals surface area contributed by atoms with E-state index in [0.717, 1.165) is 17.3 Å². The summed E-state index contributed by atoms with van der Waals surface area (Å²) in [5.41, 5.74) is 5.34. The lowest BCUT2D eigenvalue weighted by Gasteiger charge is -2.13. The van der Waals surface area contributed by atoms with Crippen molar-refractivity contribution < 1.29 is 9.90 Å². The number of nitrogens with two attached hydrogens (primary N) is 1. The summed E-state index contributed by atoms with van der Waals surface area (Å²) in [6.07, 6.45) is 1.46. The number of hydrogen-bond acceptors (Lipinski definition) is 2. The molecule has 0 heterocycles. The van der Waals surface area contributed by atoms with E-state index in [0.29, 0.717) is 5.56 Å². The second-order valence-corrected chi connectivity index (χ2v) is 4.52. The maximum Gasteiger partial charge on any atom is 0.228 e. The van der Waals surface area contributed by atoms with Gasteiger partial charge < -0.3 is 10.8 Å². The molecule has 0 bridgehead atoms. The Morgan fingerprint density at radius 3 is 2.64 bits per heavy atom.